The molecular weight excluding hydrogens is 482 g/mol. The second-order valence-electron chi connectivity index (χ2n) is 9.60. The summed E-state index contributed by atoms with van der Waals surface area (Å²) in [5.41, 5.74) is 0.953. The summed E-state index contributed by atoms with van der Waals surface area (Å²) in [4.78, 5) is 19.6. The van der Waals surface area contributed by atoms with Crippen molar-refractivity contribution in [1.82, 2.24) is 15.2 Å². The molecule has 1 N–H and O–H groups in total. The van der Waals surface area contributed by atoms with E-state index in [0.717, 1.165) is 30.0 Å². The van der Waals surface area contributed by atoms with Crippen molar-refractivity contribution in [1.29, 1.82) is 0 Å². The molecule has 2 unspecified atom stereocenters. The zero-order valence-corrected chi connectivity index (χ0v) is 19.7. The van der Waals surface area contributed by atoms with Gasteiger partial charge in [-0.05, 0) is 49.1 Å². The quantitative estimate of drug-likeness (QED) is 0.499. The number of nitrogens with zero attached hydrogens (tertiary/aromatic N) is 2. The Balaban J connectivity index is 1.43. The molecule has 0 spiro atoms. The zero-order valence-electron chi connectivity index (χ0n) is 18.9. The van der Waals surface area contributed by atoms with Crippen molar-refractivity contribution in [3.63, 3.8) is 0 Å². The van der Waals surface area contributed by atoms with Gasteiger partial charge in [-0.1, -0.05) is 0 Å². The maximum atomic E-state index is 14.3. The molecule has 1 amide bonds. The van der Waals surface area contributed by atoms with Crippen molar-refractivity contribution in [3.05, 3.63) is 46.5 Å². The molecule has 0 radical (unpaired) electrons. The second kappa shape index (κ2) is 8.16. The van der Waals surface area contributed by atoms with Crippen LogP contribution in [0.5, 0.6) is 5.75 Å². The molecular formula is C25H23F4N3O2S. The number of ether oxygens (including phenoxy) is 1. The van der Waals surface area contributed by atoms with Gasteiger partial charge in [-0.2, -0.15) is 13.2 Å². The first-order chi connectivity index (χ1) is 16.7. The molecule has 3 aliphatic rings. The Bertz CT molecular complexity index is 1320. The summed E-state index contributed by atoms with van der Waals surface area (Å²) in [6.45, 7) is 3.19. The van der Waals surface area contributed by atoms with Crippen LogP contribution in [0.4, 0.5) is 17.6 Å². The molecule has 3 fully saturated rings. The fourth-order valence-electron chi connectivity index (χ4n) is 5.15. The number of likely N-dealkylation sites (tertiary alicyclic amines) is 1. The lowest BCUT2D eigenvalue weighted by Gasteiger charge is -2.22. The first-order valence-corrected chi connectivity index (χ1v) is 12.4. The summed E-state index contributed by atoms with van der Waals surface area (Å²) in [5, 5.41) is 2.91. The number of alkyl halides is 4. The first-order valence-electron chi connectivity index (χ1n) is 11.6. The lowest BCUT2D eigenvalue weighted by atomic mass is 9.98. The molecule has 1 aliphatic carbocycles. The number of carbonyl (C=O) groups is 1. The van der Waals surface area contributed by atoms with Crippen LogP contribution < -0.4 is 10.1 Å². The number of piperidine rings is 1. The van der Waals surface area contributed by atoms with E-state index >= 15 is 0 Å². The maximum Gasteiger partial charge on any atom is 0.416 e. The number of amides is 1. The van der Waals surface area contributed by atoms with Crippen LogP contribution >= 0.6 is 11.3 Å². The van der Waals surface area contributed by atoms with E-state index in [2.05, 4.69) is 10.3 Å². The summed E-state index contributed by atoms with van der Waals surface area (Å²) in [5.74, 6) is 1.04. The van der Waals surface area contributed by atoms with Gasteiger partial charge in [0, 0.05) is 47.8 Å². The molecule has 5 nitrogen and oxygen atoms in total. The highest BCUT2D eigenvalue weighted by molar-refractivity contribution is 7.19. The predicted molar refractivity (Wildman–Crippen MR) is 124 cm³/mol. The molecule has 2 aromatic heterocycles. The topological polar surface area (TPSA) is 54.5 Å². The van der Waals surface area contributed by atoms with E-state index < -0.39 is 24.0 Å². The third kappa shape index (κ3) is 4.06. The summed E-state index contributed by atoms with van der Waals surface area (Å²) in [6.07, 6.45) is -4.05. The number of carbonyl (C=O) groups excluding carboxylic acids is 1. The van der Waals surface area contributed by atoms with Crippen LogP contribution in [-0.2, 0) is 17.5 Å². The van der Waals surface area contributed by atoms with E-state index in [-0.39, 0.29) is 41.8 Å². The van der Waals surface area contributed by atoms with Gasteiger partial charge in [0.2, 0.25) is 5.91 Å². The Hall–Kier alpha value is -2.72. The van der Waals surface area contributed by atoms with E-state index in [9.17, 15) is 22.4 Å². The van der Waals surface area contributed by atoms with Gasteiger partial charge < -0.3 is 15.0 Å². The summed E-state index contributed by atoms with van der Waals surface area (Å²) in [6, 6.07) is 5.67. The monoisotopic (exact) mass is 505 g/mol. The molecule has 1 aromatic carbocycles. The minimum atomic E-state index is -4.54. The van der Waals surface area contributed by atoms with Crippen molar-refractivity contribution in [3.8, 4) is 16.9 Å². The van der Waals surface area contributed by atoms with Gasteiger partial charge in [0.25, 0.3) is 0 Å². The molecule has 1 saturated carbocycles. The van der Waals surface area contributed by atoms with E-state index in [1.54, 1.807) is 19.2 Å². The molecule has 2 aliphatic heterocycles. The summed E-state index contributed by atoms with van der Waals surface area (Å²) < 4.78 is 62.2. The van der Waals surface area contributed by atoms with Crippen molar-refractivity contribution < 1.29 is 27.1 Å². The SMILES string of the molecule is Cc1cc(C(F)(F)F)cc(-c2ccnc3cc(CN4CC5CC5C4=O)sc23)c1O[C@@H]1CNC[C@@H]1F. The second-order valence-corrected chi connectivity index (χ2v) is 10.7. The Morgan fingerprint density at radius 3 is 2.74 bits per heavy atom. The lowest BCUT2D eigenvalue weighted by molar-refractivity contribution is -0.137. The average molecular weight is 506 g/mol. The third-order valence-electron chi connectivity index (χ3n) is 7.07. The Morgan fingerprint density at radius 2 is 2.06 bits per heavy atom. The fourth-order valence-corrected chi connectivity index (χ4v) is 6.31. The number of thiophene rings is 1. The van der Waals surface area contributed by atoms with E-state index in [1.165, 1.54) is 11.3 Å². The molecule has 4 atom stereocenters. The maximum absolute atomic E-state index is 14.3. The number of aromatic nitrogens is 1. The number of aryl methyl sites for hydroxylation is 1. The van der Waals surface area contributed by atoms with Crippen LogP contribution in [0.3, 0.4) is 0 Å². The molecule has 2 saturated heterocycles. The zero-order chi connectivity index (χ0) is 24.5. The number of nitrogens with one attached hydrogen (secondary N) is 1. The van der Waals surface area contributed by atoms with Crippen LogP contribution in [0.15, 0.2) is 30.5 Å². The molecule has 10 heteroatoms. The molecule has 4 heterocycles. The van der Waals surface area contributed by atoms with Crippen LogP contribution in [0.25, 0.3) is 21.3 Å². The van der Waals surface area contributed by atoms with Gasteiger partial charge in [0.15, 0.2) is 6.17 Å². The number of hydrogen-bond donors (Lipinski definition) is 1. The van der Waals surface area contributed by atoms with Gasteiger partial charge in [-0.25, -0.2) is 4.39 Å². The highest BCUT2D eigenvalue weighted by Crippen LogP contribution is 2.47. The van der Waals surface area contributed by atoms with Crippen LogP contribution in [0.2, 0.25) is 0 Å². The summed E-state index contributed by atoms with van der Waals surface area (Å²) in [7, 11) is 0. The normalized spacial score (nSPS) is 26.0. The number of halogens is 4. The highest BCUT2D eigenvalue weighted by Gasteiger charge is 2.52. The Morgan fingerprint density at radius 1 is 1.23 bits per heavy atom. The Labute approximate surface area is 203 Å². The van der Waals surface area contributed by atoms with Gasteiger partial charge in [-0.3, -0.25) is 9.78 Å². The van der Waals surface area contributed by atoms with E-state index in [0.29, 0.717) is 28.2 Å². The minimum absolute atomic E-state index is 0.143. The van der Waals surface area contributed by atoms with Crippen molar-refractivity contribution >= 4 is 27.5 Å². The molecule has 184 valence electrons. The smallest absolute Gasteiger partial charge is 0.416 e. The number of benzene rings is 1. The van der Waals surface area contributed by atoms with E-state index in [4.69, 9.17) is 4.74 Å². The van der Waals surface area contributed by atoms with Gasteiger partial charge in [0.05, 0.1) is 22.3 Å². The molecule has 6 rings (SSSR count). The number of fused-ring (bicyclic) bond motifs is 2. The average Bonchev–Trinajstić information content (AvgIpc) is 3.09. The first kappa shape index (κ1) is 22.7. The molecule has 35 heavy (non-hydrogen) atoms. The molecule has 3 aromatic rings. The van der Waals surface area contributed by atoms with Crippen molar-refractivity contribution in [2.24, 2.45) is 11.8 Å². The number of hydrogen-bond acceptors (Lipinski definition) is 5. The van der Waals surface area contributed by atoms with Gasteiger partial charge >= 0.3 is 6.18 Å². The van der Waals surface area contributed by atoms with Crippen molar-refractivity contribution in [2.75, 3.05) is 19.6 Å². The van der Waals surface area contributed by atoms with Crippen LogP contribution in [0, 0.1) is 18.8 Å². The lowest BCUT2D eigenvalue weighted by Crippen LogP contribution is -2.27. The number of pyridine rings is 1. The van der Waals surface area contributed by atoms with Crippen molar-refractivity contribution in [2.45, 2.75) is 38.3 Å². The minimum Gasteiger partial charge on any atom is -0.485 e. The van der Waals surface area contributed by atoms with Gasteiger partial charge in [0.1, 0.15) is 11.9 Å². The Kier molecular flexibility index (Phi) is 5.30. The van der Waals surface area contributed by atoms with Crippen LogP contribution in [-0.4, -0.2) is 47.7 Å². The standard InChI is InChI=1S/C25H23F4N3O2S/c1-12-4-14(25(27,28)29)6-18(22(12)34-21-9-30-8-19(21)26)16-2-3-31-20-7-15(35-23(16)20)11-32-10-13-5-17(13)24(32)33/h2-4,6-7,13,17,19,21,30H,5,8-11H2,1H3/t13?,17?,19-,21+/m0/s1. The predicted octanol–water partition coefficient (Wildman–Crippen LogP) is 4.96. The fraction of sp³-hybridized carbons (Fsp3) is 0.440. The van der Waals surface area contributed by atoms with E-state index in [1.807, 2.05) is 11.0 Å². The van der Waals surface area contributed by atoms with Crippen LogP contribution in [0.1, 0.15) is 22.4 Å². The summed E-state index contributed by atoms with van der Waals surface area (Å²) >= 11 is 1.42. The van der Waals surface area contributed by atoms with Gasteiger partial charge in [-0.15, -0.1) is 11.3 Å². The third-order valence-corrected chi connectivity index (χ3v) is 8.21. The highest BCUT2D eigenvalue weighted by atomic mass is 32.1. The largest absolute Gasteiger partial charge is 0.485 e. The molecule has 0 bridgehead atoms. The number of rotatable bonds is 5.